The summed E-state index contributed by atoms with van der Waals surface area (Å²) in [4.78, 5) is 15.0. The molecule has 1 aromatic rings. The van der Waals surface area contributed by atoms with E-state index in [1.807, 2.05) is 0 Å². The summed E-state index contributed by atoms with van der Waals surface area (Å²) in [6.45, 7) is 5.03. The van der Waals surface area contributed by atoms with Crippen molar-refractivity contribution in [2.24, 2.45) is 0 Å². The van der Waals surface area contributed by atoms with Gasteiger partial charge in [0.25, 0.3) is 0 Å². The number of benzene rings is 1. The molecule has 0 bridgehead atoms. The summed E-state index contributed by atoms with van der Waals surface area (Å²) in [6.07, 6.45) is 5.44. The molecule has 2 aliphatic rings. The second-order valence-corrected chi connectivity index (χ2v) is 7.75. The summed E-state index contributed by atoms with van der Waals surface area (Å²) < 4.78 is 11.5. The molecule has 3 rings (SSSR count). The third kappa shape index (κ3) is 3.75. The van der Waals surface area contributed by atoms with Crippen LogP contribution in [0.25, 0.3) is 0 Å². The fourth-order valence-corrected chi connectivity index (χ4v) is 4.78. The van der Waals surface area contributed by atoms with Gasteiger partial charge in [0.15, 0.2) is 0 Å². The first-order chi connectivity index (χ1) is 12.0. The van der Waals surface area contributed by atoms with E-state index in [1.54, 1.807) is 14.2 Å². The maximum Gasteiger partial charge on any atom is 0.223 e. The number of ether oxygens (including phenoxy) is 2. The molecule has 0 radical (unpaired) electrons. The van der Waals surface area contributed by atoms with Gasteiger partial charge >= 0.3 is 0 Å². The van der Waals surface area contributed by atoms with E-state index in [1.165, 1.54) is 16.7 Å². The van der Waals surface area contributed by atoms with Crippen LogP contribution >= 0.6 is 0 Å². The molecule has 1 aliphatic heterocycles. The minimum absolute atomic E-state index is 0.156. The predicted octanol–water partition coefficient (Wildman–Crippen LogP) is 3.42. The summed E-state index contributed by atoms with van der Waals surface area (Å²) in [5.41, 5.74) is 3.61. The first-order valence-electron chi connectivity index (χ1n) is 9.42. The summed E-state index contributed by atoms with van der Waals surface area (Å²) in [5.74, 6) is 0.250. The Labute approximate surface area is 151 Å². The molecule has 2 fully saturated rings. The van der Waals surface area contributed by atoms with Crippen LogP contribution in [0.5, 0.6) is 0 Å². The van der Waals surface area contributed by atoms with E-state index in [2.05, 4.69) is 36.9 Å². The Morgan fingerprint density at radius 3 is 2.56 bits per heavy atom. The number of fused-ring (bicyclic) bond motifs is 1. The number of nitrogens with zero attached hydrogens (tertiary/aromatic N) is 1. The predicted molar refractivity (Wildman–Crippen MR) is 98.7 cm³/mol. The van der Waals surface area contributed by atoms with Crippen LogP contribution in [0.15, 0.2) is 18.2 Å². The largest absolute Gasteiger partial charge is 0.381 e. The van der Waals surface area contributed by atoms with Crippen molar-refractivity contribution in [1.82, 2.24) is 4.90 Å². The normalized spacial score (nSPS) is 28.9. The van der Waals surface area contributed by atoms with Crippen LogP contribution in [0, 0.1) is 13.8 Å². The zero-order valence-corrected chi connectivity index (χ0v) is 16.0. The van der Waals surface area contributed by atoms with Gasteiger partial charge in [0.2, 0.25) is 5.91 Å². The smallest absolute Gasteiger partial charge is 0.223 e. The van der Waals surface area contributed by atoms with E-state index in [4.69, 9.17) is 9.47 Å². The monoisotopic (exact) mass is 345 g/mol. The van der Waals surface area contributed by atoms with E-state index in [0.29, 0.717) is 6.42 Å². The van der Waals surface area contributed by atoms with Crippen molar-refractivity contribution in [2.75, 3.05) is 20.8 Å². The fraction of sp³-hybridized carbons (Fsp3) is 0.667. The highest BCUT2D eigenvalue weighted by Crippen LogP contribution is 2.43. The second kappa shape index (κ2) is 7.46. The minimum Gasteiger partial charge on any atom is -0.381 e. The lowest BCUT2D eigenvalue weighted by atomic mass is 9.79. The molecule has 0 N–H and O–H groups in total. The average molecular weight is 345 g/mol. The number of hydrogen-bond donors (Lipinski definition) is 0. The van der Waals surface area contributed by atoms with E-state index in [-0.39, 0.29) is 23.7 Å². The van der Waals surface area contributed by atoms with Crippen LogP contribution < -0.4 is 0 Å². The first-order valence-corrected chi connectivity index (χ1v) is 9.42. The van der Waals surface area contributed by atoms with Crippen molar-refractivity contribution >= 4 is 5.91 Å². The standard InChI is InChI=1S/C21H31NO3/c1-15-11-16(2)13-17(12-15)5-6-20(23)22-10-9-21(25-4)8-7-18(24-3)14-19(21)22/h11-13,18-19H,5-10,14H2,1-4H3/t18-,19-,21+/m0/s1. The number of likely N-dealkylation sites (tertiary alicyclic amines) is 1. The molecular formula is C21H31NO3. The van der Waals surface area contributed by atoms with Gasteiger partial charge in [-0.25, -0.2) is 0 Å². The Hall–Kier alpha value is -1.39. The zero-order chi connectivity index (χ0) is 18.0. The molecule has 1 aliphatic carbocycles. The molecule has 1 saturated carbocycles. The highest BCUT2D eigenvalue weighted by molar-refractivity contribution is 5.77. The number of aryl methyl sites for hydroxylation is 3. The van der Waals surface area contributed by atoms with E-state index >= 15 is 0 Å². The van der Waals surface area contributed by atoms with Crippen LogP contribution in [0.2, 0.25) is 0 Å². The first kappa shape index (κ1) is 18.4. The molecule has 1 heterocycles. The quantitative estimate of drug-likeness (QED) is 0.821. The lowest BCUT2D eigenvalue weighted by Gasteiger charge is -2.43. The summed E-state index contributed by atoms with van der Waals surface area (Å²) in [7, 11) is 3.56. The summed E-state index contributed by atoms with van der Waals surface area (Å²) in [5, 5.41) is 0. The van der Waals surface area contributed by atoms with Crippen LogP contribution in [0.3, 0.4) is 0 Å². The molecule has 0 unspecified atom stereocenters. The van der Waals surface area contributed by atoms with E-state index < -0.39 is 0 Å². The van der Waals surface area contributed by atoms with E-state index in [9.17, 15) is 4.79 Å². The molecule has 0 spiro atoms. The zero-order valence-electron chi connectivity index (χ0n) is 16.0. The SMILES string of the molecule is CO[C@H]1CC[C@@]2(OC)CCN(C(=O)CCc3cc(C)cc(C)c3)[C@H]2C1. The van der Waals surface area contributed by atoms with Gasteiger partial charge in [-0.05, 0) is 51.5 Å². The number of rotatable bonds is 5. The number of hydrogen-bond acceptors (Lipinski definition) is 3. The Bertz CT molecular complexity index is 609. The summed E-state index contributed by atoms with van der Waals surface area (Å²) >= 11 is 0. The number of carbonyl (C=O) groups is 1. The minimum atomic E-state index is -0.162. The van der Waals surface area contributed by atoms with Gasteiger partial charge in [0, 0.05) is 27.2 Å². The van der Waals surface area contributed by atoms with Crippen LogP contribution in [0.1, 0.15) is 48.8 Å². The molecule has 25 heavy (non-hydrogen) atoms. The van der Waals surface area contributed by atoms with Crippen LogP contribution in [-0.4, -0.2) is 49.3 Å². The molecule has 3 atom stereocenters. The van der Waals surface area contributed by atoms with E-state index in [0.717, 1.165) is 38.6 Å². The van der Waals surface area contributed by atoms with Gasteiger partial charge in [-0.3, -0.25) is 4.79 Å². The van der Waals surface area contributed by atoms with Crippen molar-refractivity contribution in [3.8, 4) is 0 Å². The highest BCUT2D eigenvalue weighted by atomic mass is 16.5. The second-order valence-electron chi connectivity index (χ2n) is 7.75. The molecule has 1 saturated heterocycles. The van der Waals surface area contributed by atoms with Crippen molar-refractivity contribution in [1.29, 1.82) is 0 Å². The van der Waals surface area contributed by atoms with Crippen LogP contribution in [0.4, 0.5) is 0 Å². The molecule has 1 aromatic carbocycles. The Kier molecular flexibility index (Phi) is 5.49. The lowest BCUT2D eigenvalue weighted by Crippen LogP contribution is -2.53. The van der Waals surface area contributed by atoms with Crippen molar-refractivity contribution in [2.45, 2.75) is 70.1 Å². The van der Waals surface area contributed by atoms with Crippen molar-refractivity contribution in [3.05, 3.63) is 34.9 Å². The van der Waals surface area contributed by atoms with Gasteiger partial charge in [-0.2, -0.15) is 0 Å². The van der Waals surface area contributed by atoms with Gasteiger partial charge in [0.1, 0.15) is 0 Å². The Morgan fingerprint density at radius 1 is 1.20 bits per heavy atom. The fourth-order valence-electron chi connectivity index (χ4n) is 4.78. The third-order valence-corrected chi connectivity index (χ3v) is 6.10. The molecule has 4 nitrogen and oxygen atoms in total. The lowest BCUT2D eigenvalue weighted by molar-refractivity contribution is -0.140. The average Bonchev–Trinajstić information content (AvgIpc) is 2.98. The molecule has 1 amide bonds. The Balaban J connectivity index is 1.67. The topological polar surface area (TPSA) is 38.8 Å². The highest BCUT2D eigenvalue weighted by Gasteiger charge is 2.52. The van der Waals surface area contributed by atoms with Gasteiger partial charge < -0.3 is 14.4 Å². The van der Waals surface area contributed by atoms with Crippen molar-refractivity contribution in [3.63, 3.8) is 0 Å². The molecular weight excluding hydrogens is 314 g/mol. The number of carbonyl (C=O) groups excluding carboxylic acids is 1. The van der Waals surface area contributed by atoms with Gasteiger partial charge in [0.05, 0.1) is 17.7 Å². The van der Waals surface area contributed by atoms with Gasteiger partial charge in [-0.1, -0.05) is 29.3 Å². The molecule has 138 valence electrons. The summed E-state index contributed by atoms with van der Waals surface area (Å²) in [6, 6.07) is 6.70. The van der Waals surface area contributed by atoms with Crippen LogP contribution in [-0.2, 0) is 20.7 Å². The molecule has 4 heteroatoms. The number of amides is 1. The van der Waals surface area contributed by atoms with Gasteiger partial charge in [-0.15, -0.1) is 0 Å². The molecule has 0 aromatic heterocycles. The Morgan fingerprint density at radius 2 is 1.92 bits per heavy atom. The number of methoxy groups -OCH3 is 2. The maximum atomic E-state index is 12.9. The maximum absolute atomic E-state index is 12.9. The van der Waals surface area contributed by atoms with Crippen molar-refractivity contribution < 1.29 is 14.3 Å². The third-order valence-electron chi connectivity index (χ3n) is 6.10.